The van der Waals surface area contributed by atoms with Crippen LogP contribution in [0.25, 0.3) is 10.8 Å². The highest BCUT2D eigenvalue weighted by molar-refractivity contribution is 5.86. The third-order valence-corrected chi connectivity index (χ3v) is 3.70. The summed E-state index contributed by atoms with van der Waals surface area (Å²) in [6, 6.07) is 14.5. The summed E-state index contributed by atoms with van der Waals surface area (Å²) in [5.41, 5.74) is 7.45. The van der Waals surface area contributed by atoms with Gasteiger partial charge in [-0.1, -0.05) is 56.3 Å². The monoisotopic (exact) mass is 257 g/mol. The Labute approximate surface area is 115 Å². The minimum absolute atomic E-state index is 0.0766. The number of hydrogen-bond acceptors (Lipinski definition) is 2. The third kappa shape index (κ3) is 3.34. The molecule has 0 amide bonds. The van der Waals surface area contributed by atoms with E-state index in [0.29, 0.717) is 12.5 Å². The maximum Gasteiger partial charge on any atom is 0.0663 e. The lowest BCUT2D eigenvalue weighted by molar-refractivity contribution is 0.0274. The van der Waals surface area contributed by atoms with Crippen molar-refractivity contribution in [2.24, 2.45) is 11.7 Å². The van der Waals surface area contributed by atoms with Gasteiger partial charge in [0, 0.05) is 0 Å². The minimum Gasteiger partial charge on any atom is -0.376 e. The van der Waals surface area contributed by atoms with Gasteiger partial charge in [-0.15, -0.1) is 0 Å². The lowest BCUT2D eigenvalue weighted by Crippen LogP contribution is -2.23. The fourth-order valence-electron chi connectivity index (χ4n) is 2.11. The Kier molecular flexibility index (Phi) is 4.56. The van der Waals surface area contributed by atoms with Crippen LogP contribution >= 0.6 is 0 Å². The van der Waals surface area contributed by atoms with E-state index in [1.54, 1.807) is 0 Å². The van der Waals surface area contributed by atoms with E-state index >= 15 is 0 Å². The van der Waals surface area contributed by atoms with E-state index in [4.69, 9.17) is 10.5 Å². The van der Waals surface area contributed by atoms with E-state index in [1.165, 1.54) is 10.8 Å². The van der Waals surface area contributed by atoms with Gasteiger partial charge in [-0.2, -0.15) is 0 Å². The molecule has 2 unspecified atom stereocenters. The molecule has 2 N–H and O–H groups in total. The van der Waals surface area contributed by atoms with Crippen molar-refractivity contribution in [1.82, 2.24) is 0 Å². The Morgan fingerprint density at radius 1 is 1.00 bits per heavy atom. The molecule has 2 nitrogen and oxygen atoms in total. The third-order valence-electron chi connectivity index (χ3n) is 3.70. The van der Waals surface area contributed by atoms with E-state index < -0.39 is 0 Å². The molecule has 0 spiro atoms. The number of ether oxygens (including phenoxy) is 1. The molecule has 0 heterocycles. The molecule has 0 aliphatic rings. The second-order valence-corrected chi connectivity index (χ2v) is 5.46. The van der Waals surface area contributed by atoms with Crippen LogP contribution < -0.4 is 5.73 Å². The van der Waals surface area contributed by atoms with Gasteiger partial charge in [0.05, 0.1) is 18.8 Å². The Morgan fingerprint density at radius 2 is 1.68 bits per heavy atom. The summed E-state index contributed by atoms with van der Waals surface area (Å²) in [5.74, 6) is 0.514. The van der Waals surface area contributed by atoms with Gasteiger partial charge in [-0.25, -0.2) is 0 Å². The predicted octanol–water partition coefficient (Wildman–Crippen LogP) is 3.90. The van der Waals surface area contributed by atoms with Gasteiger partial charge in [0.1, 0.15) is 0 Å². The Hall–Kier alpha value is -1.38. The summed E-state index contributed by atoms with van der Waals surface area (Å²) < 4.78 is 5.84. The SMILES string of the molecule is CC(C)C(C)OCC(N)c1cccc2ccccc12. The average molecular weight is 257 g/mol. The molecule has 0 saturated heterocycles. The Balaban J connectivity index is 2.15. The average Bonchev–Trinajstić information content (AvgIpc) is 2.43. The number of fused-ring (bicyclic) bond motifs is 1. The molecule has 2 aromatic rings. The molecule has 102 valence electrons. The van der Waals surface area contributed by atoms with Crippen molar-refractivity contribution in [2.45, 2.75) is 32.9 Å². The molecule has 2 atom stereocenters. The minimum atomic E-state index is -0.0766. The van der Waals surface area contributed by atoms with Crippen LogP contribution in [0.1, 0.15) is 32.4 Å². The zero-order valence-electron chi connectivity index (χ0n) is 12.0. The molecule has 0 aliphatic heterocycles. The number of hydrogen-bond donors (Lipinski definition) is 1. The molecule has 0 fully saturated rings. The summed E-state index contributed by atoms with van der Waals surface area (Å²) in [6.07, 6.45) is 0.237. The van der Waals surface area contributed by atoms with Gasteiger partial charge in [-0.05, 0) is 29.2 Å². The van der Waals surface area contributed by atoms with Crippen LogP contribution in [0.4, 0.5) is 0 Å². The normalized spacial score (nSPS) is 14.8. The Morgan fingerprint density at radius 3 is 2.42 bits per heavy atom. The first-order valence-corrected chi connectivity index (χ1v) is 6.94. The molecular weight excluding hydrogens is 234 g/mol. The molecule has 0 aromatic heterocycles. The number of rotatable bonds is 5. The summed E-state index contributed by atoms with van der Waals surface area (Å²) in [6.45, 7) is 6.98. The van der Waals surface area contributed by atoms with Crippen LogP contribution in [-0.2, 0) is 4.74 Å². The maximum absolute atomic E-state index is 6.28. The summed E-state index contributed by atoms with van der Waals surface area (Å²) in [5, 5.41) is 2.45. The first kappa shape index (κ1) is 14.0. The van der Waals surface area contributed by atoms with Crippen LogP contribution in [0.3, 0.4) is 0 Å². The van der Waals surface area contributed by atoms with Gasteiger partial charge < -0.3 is 10.5 Å². The van der Waals surface area contributed by atoms with Crippen LogP contribution in [0.5, 0.6) is 0 Å². The van der Waals surface area contributed by atoms with Gasteiger partial charge in [0.2, 0.25) is 0 Å². The van der Waals surface area contributed by atoms with E-state index in [-0.39, 0.29) is 12.1 Å². The predicted molar refractivity (Wildman–Crippen MR) is 81.1 cm³/mol. The van der Waals surface area contributed by atoms with Crippen molar-refractivity contribution in [3.8, 4) is 0 Å². The summed E-state index contributed by atoms with van der Waals surface area (Å²) in [7, 11) is 0. The van der Waals surface area contributed by atoms with E-state index in [1.807, 2.05) is 0 Å². The van der Waals surface area contributed by atoms with Crippen molar-refractivity contribution >= 4 is 10.8 Å². The second-order valence-electron chi connectivity index (χ2n) is 5.46. The molecule has 19 heavy (non-hydrogen) atoms. The smallest absolute Gasteiger partial charge is 0.0663 e. The van der Waals surface area contributed by atoms with Gasteiger partial charge in [0.15, 0.2) is 0 Å². The second kappa shape index (κ2) is 6.18. The Bertz CT molecular complexity index is 530. The lowest BCUT2D eigenvalue weighted by atomic mass is 9.99. The van der Waals surface area contributed by atoms with E-state index in [0.717, 1.165) is 5.56 Å². The first-order valence-electron chi connectivity index (χ1n) is 6.94. The topological polar surface area (TPSA) is 35.2 Å². The van der Waals surface area contributed by atoms with Gasteiger partial charge >= 0.3 is 0 Å². The zero-order chi connectivity index (χ0) is 13.8. The van der Waals surface area contributed by atoms with Crippen molar-refractivity contribution in [2.75, 3.05) is 6.61 Å². The highest BCUT2D eigenvalue weighted by Gasteiger charge is 2.13. The van der Waals surface area contributed by atoms with Crippen molar-refractivity contribution < 1.29 is 4.74 Å². The van der Waals surface area contributed by atoms with Crippen LogP contribution in [-0.4, -0.2) is 12.7 Å². The molecule has 2 heteroatoms. The fourth-order valence-corrected chi connectivity index (χ4v) is 2.11. The van der Waals surface area contributed by atoms with Gasteiger partial charge in [0.25, 0.3) is 0 Å². The van der Waals surface area contributed by atoms with E-state index in [2.05, 4.69) is 63.2 Å². The number of nitrogens with two attached hydrogens (primary N) is 1. The zero-order valence-corrected chi connectivity index (χ0v) is 12.0. The van der Waals surface area contributed by atoms with Crippen LogP contribution in [0, 0.1) is 5.92 Å². The summed E-state index contributed by atoms with van der Waals surface area (Å²) >= 11 is 0. The highest BCUT2D eigenvalue weighted by atomic mass is 16.5. The largest absolute Gasteiger partial charge is 0.376 e. The highest BCUT2D eigenvalue weighted by Crippen LogP contribution is 2.23. The van der Waals surface area contributed by atoms with Crippen LogP contribution in [0.15, 0.2) is 42.5 Å². The molecule has 2 aromatic carbocycles. The molecular formula is C17H23NO. The van der Waals surface area contributed by atoms with Crippen molar-refractivity contribution in [1.29, 1.82) is 0 Å². The molecule has 0 bridgehead atoms. The lowest BCUT2D eigenvalue weighted by Gasteiger charge is -2.20. The standard InChI is InChI=1S/C17H23NO/c1-12(2)13(3)19-11-17(18)16-10-6-8-14-7-4-5-9-15(14)16/h4-10,12-13,17H,11,18H2,1-3H3. The van der Waals surface area contributed by atoms with Crippen molar-refractivity contribution in [3.05, 3.63) is 48.0 Å². The molecule has 0 saturated carbocycles. The molecule has 0 aliphatic carbocycles. The maximum atomic E-state index is 6.28. The molecule has 2 rings (SSSR count). The van der Waals surface area contributed by atoms with Crippen LogP contribution in [0.2, 0.25) is 0 Å². The number of benzene rings is 2. The summed E-state index contributed by atoms with van der Waals surface area (Å²) in [4.78, 5) is 0. The molecule has 0 radical (unpaired) electrons. The van der Waals surface area contributed by atoms with Crippen molar-refractivity contribution in [3.63, 3.8) is 0 Å². The quantitative estimate of drug-likeness (QED) is 0.881. The first-order chi connectivity index (χ1) is 9.09. The fraction of sp³-hybridized carbons (Fsp3) is 0.412. The van der Waals surface area contributed by atoms with E-state index in [9.17, 15) is 0 Å². The van der Waals surface area contributed by atoms with Gasteiger partial charge in [-0.3, -0.25) is 0 Å².